The number of methoxy groups -OCH3 is 1. The topological polar surface area (TPSA) is 133 Å². The maximum absolute atomic E-state index is 12.0. The summed E-state index contributed by atoms with van der Waals surface area (Å²) in [4.78, 5) is 35.6. The first-order valence-electron chi connectivity index (χ1n) is 8.63. The van der Waals surface area contributed by atoms with E-state index in [2.05, 4.69) is 20.6 Å². The Labute approximate surface area is 166 Å². The van der Waals surface area contributed by atoms with Gasteiger partial charge in [0.2, 0.25) is 11.0 Å². The van der Waals surface area contributed by atoms with Crippen molar-refractivity contribution in [1.82, 2.24) is 10.6 Å². The van der Waals surface area contributed by atoms with Crippen LogP contribution in [0.1, 0.15) is 20.8 Å². The molecule has 0 unspecified atom stereocenters. The standard InChI is InChI=1S/C18H22N4O7/c1-18(2,3)28-17(25)19-13(15(23)26-4)11-27-16(24)20-14-10-22(21-29-14)12-8-6-5-7-9-12/h5-10,13H,11H2,1-4H3,(H-,19,20,21,24,25)/p+1/t13-/m0/s1. The number of amides is 2. The van der Waals surface area contributed by atoms with Crippen LogP contribution in [0.15, 0.2) is 41.1 Å². The second-order valence-electron chi connectivity index (χ2n) is 6.79. The zero-order valence-electron chi connectivity index (χ0n) is 16.5. The summed E-state index contributed by atoms with van der Waals surface area (Å²) < 4.78 is 21.0. The molecule has 11 heteroatoms. The van der Waals surface area contributed by atoms with Crippen molar-refractivity contribution in [3.63, 3.8) is 0 Å². The van der Waals surface area contributed by atoms with Crippen LogP contribution in [0.4, 0.5) is 15.5 Å². The molecule has 2 N–H and O–H groups in total. The maximum atomic E-state index is 12.0. The van der Waals surface area contributed by atoms with Crippen molar-refractivity contribution in [2.45, 2.75) is 32.4 Å². The van der Waals surface area contributed by atoms with Crippen molar-refractivity contribution < 1.29 is 37.8 Å². The van der Waals surface area contributed by atoms with Crippen LogP contribution in [-0.4, -0.2) is 48.8 Å². The Balaban J connectivity index is 1.90. The number of alkyl carbamates (subject to hydrolysis) is 1. The van der Waals surface area contributed by atoms with Gasteiger partial charge >= 0.3 is 24.0 Å². The third-order valence-corrected chi connectivity index (χ3v) is 3.27. The van der Waals surface area contributed by atoms with Crippen LogP contribution >= 0.6 is 0 Å². The summed E-state index contributed by atoms with van der Waals surface area (Å²) in [6.45, 7) is 4.53. The SMILES string of the molecule is COC(=O)[C@H](COC(=O)Nc1c[n+](-c2ccccc2)no1)NC(=O)OC(C)(C)C. The van der Waals surface area contributed by atoms with Gasteiger partial charge in [-0.25, -0.2) is 14.4 Å². The van der Waals surface area contributed by atoms with E-state index < -0.39 is 36.4 Å². The number of carbonyl (C=O) groups excluding carboxylic acids is 3. The molecule has 29 heavy (non-hydrogen) atoms. The molecule has 2 rings (SSSR count). The van der Waals surface area contributed by atoms with Gasteiger partial charge in [0.25, 0.3) is 6.20 Å². The Morgan fingerprint density at radius 3 is 2.48 bits per heavy atom. The van der Waals surface area contributed by atoms with E-state index in [0.717, 1.165) is 12.8 Å². The number of ether oxygens (including phenoxy) is 3. The van der Waals surface area contributed by atoms with Gasteiger partial charge in [0.1, 0.15) is 12.2 Å². The van der Waals surface area contributed by atoms with E-state index in [-0.39, 0.29) is 5.88 Å². The van der Waals surface area contributed by atoms with Crippen LogP contribution in [0.5, 0.6) is 0 Å². The predicted octanol–water partition coefficient (Wildman–Crippen LogP) is 1.57. The fourth-order valence-corrected chi connectivity index (χ4v) is 2.06. The number of para-hydroxylation sites is 1. The monoisotopic (exact) mass is 407 g/mol. The number of anilines is 1. The lowest BCUT2D eigenvalue weighted by molar-refractivity contribution is -0.670. The van der Waals surface area contributed by atoms with E-state index in [4.69, 9.17) is 14.0 Å². The molecular weight excluding hydrogens is 384 g/mol. The molecule has 2 amide bonds. The molecule has 1 aromatic heterocycles. The van der Waals surface area contributed by atoms with E-state index >= 15 is 0 Å². The number of hydrogen-bond acceptors (Lipinski definition) is 8. The minimum Gasteiger partial charge on any atom is -0.467 e. The zero-order valence-corrected chi connectivity index (χ0v) is 16.5. The molecule has 0 aliphatic carbocycles. The van der Waals surface area contributed by atoms with Crippen molar-refractivity contribution in [1.29, 1.82) is 0 Å². The van der Waals surface area contributed by atoms with Gasteiger partial charge in [-0.1, -0.05) is 18.2 Å². The van der Waals surface area contributed by atoms with Crippen LogP contribution < -0.4 is 15.3 Å². The van der Waals surface area contributed by atoms with E-state index in [0.29, 0.717) is 0 Å². The van der Waals surface area contributed by atoms with Gasteiger partial charge in [0.05, 0.1) is 7.11 Å². The number of aromatic nitrogens is 2. The highest BCUT2D eigenvalue weighted by atomic mass is 16.6. The van der Waals surface area contributed by atoms with E-state index in [1.54, 1.807) is 32.9 Å². The largest absolute Gasteiger partial charge is 0.467 e. The Hall–Kier alpha value is -3.63. The number of benzene rings is 1. The van der Waals surface area contributed by atoms with Gasteiger partial charge in [-0.3, -0.25) is 9.84 Å². The van der Waals surface area contributed by atoms with Gasteiger partial charge < -0.3 is 19.5 Å². The summed E-state index contributed by atoms with van der Waals surface area (Å²) >= 11 is 0. The summed E-state index contributed by atoms with van der Waals surface area (Å²) in [7, 11) is 1.14. The Morgan fingerprint density at radius 2 is 1.86 bits per heavy atom. The third-order valence-electron chi connectivity index (χ3n) is 3.27. The molecule has 0 saturated heterocycles. The number of esters is 1. The van der Waals surface area contributed by atoms with Crippen LogP contribution in [0.3, 0.4) is 0 Å². The molecule has 0 spiro atoms. The second-order valence-corrected chi connectivity index (χ2v) is 6.79. The smallest absolute Gasteiger partial charge is 0.414 e. The number of nitrogens with one attached hydrogen (secondary N) is 2. The Kier molecular flexibility index (Phi) is 7.12. The van der Waals surface area contributed by atoms with E-state index in [1.165, 1.54) is 10.9 Å². The number of carbonyl (C=O) groups is 3. The van der Waals surface area contributed by atoms with Gasteiger partial charge in [0, 0.05) is 12.1 Å². The minimum atomic E-state index is -1.25. The van der Waals surface area contributed by atoms with Crippen molar-refractivity contribution in [3.05, 3.63) is 36.5 Å². The van der Waals surface area contributed by atoms with Crippen LogP contribution in [0, 0.1) is 0 Å². The molecule has 1 aromatic carbocycles. The van der Waals surface area contributed by atoms with Crippen molar-refractivity contribution in [2.24, 2.45) is 0 Å². The molecule has 0 saturated carbocycles. The summed E-state index contributed by atoms with van der Waals surface area (Å²) in [5.41, 5.74) is -0.0337. The van der Waals surface area contributed by atoms with Crippen molar-refractivity contribution in [3.8, 4) is 5.69 Å². The molecule has 2 aromatic rings. The highest BCUT2D eigenvalue weighted by Gasteiger charge is 2.27. The van der Waals surface area contributed by atoms with Crippen LogP contribution in [0.25, 0.3) is 5.69 Å². The molecule has 0 bridgehead atoms. The van der Waals surface area contributed by atoms with E-state index in [9.17, 15) is 14.4 Å². The zero-order chi connectivity index (χ0) is 21.4. The predicted molar refractivity (Wildman–Crippen MR) is 98.2 cm³/mol. The quantitative estimate of drug-likeness (QED) is 0.419. The molecule has 0 aliphatic heterocycles. The van der Waals surface area contributed by atoms with Crippen LogP contribution in [-0.2, 0) is 19.0 Å². The normalized spacial score (nSPS) is 11.9. The average molecular weight is 407 g/mol. The highest BCUT2D eigenvalue weighted by molar-refractivity contribution is 5.84. The minimum absolute atomic E-state index is 0.0218. The highest BCUT2D eigenvalue weighted by Crippen LogP contribution is 2.08. The lowest BCUT2D eigenvalue weighted by Gasteiger charge is -2.22. The molecule has 11 nitrogen and oxygen atoms in total. The Morgan fingerprint density at radius 1 is 1.17 bits per heavy atom. The summed E-state index contributed by atoms with van der Waals surface area (Å²) in [6.07, 6.45) is -0.329. The average Bonchev–Trinajstić information content (AvgIpc) is 3.12. The number of rotatable bonds is 6. The van der Waals surface area contributed by atoms with E-state index in [1.807, 2.05) is 18.2 Å². The first kappa shape index (κ1) is 21.7. The third kappa shape index (κ3) is 7.13. The van der Waals surface area contributed by atoms with Crippen molar-refractivity contribution in [2.75, 3.05) is 19.0 Å². The fraction of sp³-hybridized carbons (Fsp3) is 0.389. The number of hydrogen-bond donors (Lipinski definition) is 2. The number of nitrogens with zero attached hydrogens (tertiary/aromatic N) is 2. The molecule has 0 fully saturated rings. The van der Waals surface area contributed by atoms with Gasteiger partial charge in [-0.05, 0) is 25.5 Å². The van der Waals surface area contributed by atoms with Gasteiger partial charge in [0.15, 0.2) is 6.04 Å². The molecule has 1 atom stereocenters. The first-order valence-corrected chi connectivity index (χ1v) is 8.63. The lowest BCUT2D eigenvalue weighted by Crippen LogP contribution is -2.47. The van der Waals surface area contributed by atoms with Crippen LogP contribution in [0.2, 0.25) is 0 Å². The summed E-state index contributed by atoms with van der Waals surface area (Å²) in [5.74, 6) is -0.779. The van der Waals surface area contributed by atoms with Gasteiger partial charge in [-0.2, -0.15) is 0 Å². The molecule has 1 heterocycles. The molecular formula is C18H23N4O7+. The summed E-state index contributed by atoms with van der Waals surface area (Å²) in [6, 6.07) is 7.85. The van der Waals surface area contributed by atoms with Crippen molar-refractivity contribution >= 4 is 24.0 Å². The lowest BCUT2D eigenvalue weighted by atomic mass is 10.2. The van der Waals surface area contributed by atoms with Gasteiger partial charge in [-0.15, -0.1) is 0 Å². The Bertz CT molecular complexity index is 845. The molecule has 0 aliphatic rings. The molecule has 156 valence electrons. The first-order chi connectivity index (χ1) is 13.7. The fourth-order valence-electron chi connectivity index (χ4n) is 2.06. The molecule has 0 radical (unpaired) electrons. The summed E-state index contributed by atoms with van der Waals surface area (Å²) in [5, 5.41) is 8.39. The second kappa shape index (κ2) is 9.53. The maximum Gasteiger partial charge on any atom is 0.414 e.